The SMILES string of the molecule is CCCCCCCCCCCCCCC/C=C/C(=O)N(C)CCCCS(=O)(=O)[O-].[K+]. The molecule has 0 atom stereocenters. The molecule has 30 heavy (non-hydrogen) atoms. The molecule has 0 aromatic heterocycles. The summed E-state index contributed by atoms with van der Waals surface area (Å²) in [5, 5.41) is 0. The number of rotatable bonds is 20. The zero-order valence-electron chi connectivity index (χ0n) is 19.9. The fourth-order valence-electron chi connectivity index (χ4n) is 3.33. The molecule has 0 heterocycles. The van der Waals surface area contributed by atoms with E-state index in [1.54, 1.807) is 18.0 Å². The van der Waals surface area contributed by atoms with Gasteiger partial charge in [0.2, 0.25) is 5.91 Å². The molecule has 0 N–H and O–H groups in total. The zero-order valence-corrected chi connectivity index (χ0v) is 23.8. The largest absolute Gasteiger partial charge is 1.00 e. The molecule has 0 aliphatic rings. The first-order valence-electron chi connectivity index (χ1n) is 11.7. The van der Waals surface area contributed by atoms with Crippen molar-refractivity contribution in [2.24, 2.45) is 0 Å². The molecule has 1 amide bonds. The van der Waals surface area contributed by atoms with Crippen LogP contribution in [0, 0.1) is 0 Å². The number of nitrogens with zero attached hydrogens (tertiary/aromatic N) is 1. The zero-order chi connectivity index (χ0) is 21.8. The van der Waals surface area contributed by atoms with E-state index >= 15 is 0 Å². The van der Waals surface area contributed by atoms with Crippen molar-refractivity contribution >= 4 is 16.0 Å². The monoisotopic (exact) mass is 469 g/mol. The number of unbranched alkanes of at least 4 members (excludes halogenated alkanes) is 14. The smallest absolute Gasteiger partial charge is 0.748 e. The van der Waals surface area contributed by atoms with Gasteiger partial charge in [0.25, 0.3) is 0 Å². The molecule has 0 bridgehead atoms. The second-order valence-electron chi connectivity index (χ2n) is 8.16. The first-order chi connectivity index (χ1) is 13.9. The quantitative estimate of drug-likeness (QED) is 0.119. The van der Waals surface area contributed by atoms with Crippen molar-refractivity contribution in [3.63, 3.8) is 0 Å². The topological polar surface area (TPSA) is 77.5 Å². The van der Waals surface area contributed by atoms with E-state index in [1.165, 1.54) is 77.0 Å². The van der Waals surface area contributed by atoms with E-state index in [2.05, 4.69) is 6.92 Å². The Kier molecular flexibility index (Phi) is 25.2. The van der Waals surface area contributed by atoms with Crippen LogP contribution in [0.2, 0.25) is 0 Å². The van der Waals surface area contributed by atoms with E-state index in [4.69, 9.17) is 0 Å². The number of allylic oxidation sites excluding steroid dienone is 1. The number of carbonyl (C=O) groups excluding carboxylic acids is 1. The van der Waals surface area contributed by atoms with Crippen LogP contribution in [0.25, 0.3) is 0 Å². The average molecular weight is 470 g/mol. The molecule has 7 heteroatoms. The predicted octanol–water partition coefficient (Wildman–Crippen LogP) is 2.81. The van der Waals surface area contributed by atoms with E-state index in [-0.39, 0.29) is 63.0 Å². The van der Waals surface area contributed by atoms with Crippen LogP contribution in [0.5, 0.6) is 0 Å². The fraction of sp³-hybridized carbons (Fsp3) is 0.870. The Hall–Kier alpha value is 0.756. The third-order valence-electron chi connectivity index (χ3n) is 5.25. The van der Waals surface area contributed by atoms with Crippen LogP contribution in [0.4, 0.5) is 0 Å². The molecule has 0 saturated carbocycles. The third-order valence-corrected chi connectivity index (χ3v) is 6.04. The minimum absolute atomic E-state index is 0. The Balaban J connectivity index is 0. The number of amides is 1. The predicted molar refractivity (Wildman–Crippen MR) is 121 cm³/mol. The number of hydrogen-bond donors (Lipinski definition) is 0. The molecule has 0 spiro atoms. The molecule has 0 aliphatic heterocycles. The minimum atomic E-state index is -4.15. The van der Waals surface area contributed by atoms with Gasteiger partial charge in [-0.1, -0.05) is 90.0 Å². The van der Waals surface area contributed by atoms with Gasteiger partial charge < -0.3 is 9.45 Å². The van der Waals surface area contributed by atoms with E-state index in [9.17, 15) is 17.8 Å². The van der Waals surface area contributed by atoms with Crippen molar-refractivity contribution in [2.75, 3.05) is 19.3 Å². The van der Waals surface area contributed by atoms with Gasteiger partial charge in [-0.3, -0.25) is 4.79 Å². The van der Waals surface area contributed by atoms with Crippen LogP contribution in [-0.2, 0) is 14.9 Å². The summed E-state index contributed by atoms with van der Waals surface area (Å²) in [6, 6.07) is 0. The average Bonchev–Trinajstić information content (AvgIpc) is 2.67. The first kappa shape index (κ1) is 32.9. The summed E-state index contributed by atoms with van der Waals surface area (Å²) in [6.07, 6.45) is 22.6. The summed E-state index contributed by atoms with van der Waals surface area (Å²) < 4.78 is 31.6. The first-order valence-corrected chi connectivity index (χ1v) is 13.3. The van der Waals surface area contributed by atoms with Gasteiger partial charge in [0, 0.05) is 19.3 Å². The van der Waals surface area contributed by atoms with Gasteiger partial charge in [-0.15, -0.1) is 0 Å². The number of likely N-dealkylation sites (N-methyl/N-ethyl adjacent to an activating group) is 1. The summed E-state index contributed by atoms with van der Waals surface area (Å²) in [5.41, 5.74) is 0. The Morgan fingerprint density at radius 1 is 0.800 bits per heavy atom. The number of hydrogen-bond acceptors (Lipinski definition) is 4. The van der Waals surface area contributed by atoms with Crippen molar-refractivity contribution in [1.29, 1.82) is 0 Å². The Bertz CT molecular complexity index is 523. The summed E-state index contributed by atoms with van der Waals surface area (Å²) in [6.45, 7) is 2.73. The maximum Gasteiger partial charge on any atom is 1.00 e. The maximum atomic E-state index is 11.9. The van der Waals surface area contributed by atoms with Gasteiger partial charge in [0.1, 0.15) is 0 Å². The van der Waals surface area contributed by atoms with E-state index < -0.39 is 10.1 Å². The van der Waals surface area contributed by atoms with Gasteiger partial charge in [0.15, 0.2) is 0 Å². The van der Waals surface area contributed by atoms with Crippen LogP contribution in [0.1, 0.15) is 110 Å². The van der Waals surface area contributed by atoms with Crippen molar-refractivity contribution < 1.29 is 69.1 Å². The van der Waals surface area contributed by atoms with E-state index in [0.29, 0.717) is 19.4 Å². The van der Waals surface area contributed by atoms with E-state index in [0.717, 1.165) is 12.8 Å². The molecule has 5 nitrogen and oxygen atoms in total. The Morgan fingerprint density at radius 3 is 1.73 bits per heavy atom. The molecule has 0 rings (SSSR count). The second kappa shape index (κ2) is 22.9. The molecule has 0 radical (unpaired) electrons. The Labute approximate surface area is 229 Å². The molecule has 0 unspecified atom stereocenters. The van der Waals surface area contributed by atoms with Gasteiger partial charge >= 0.3 is 51.4 Å². The molecular formula is C23H44KNO4S. The van der Waals surface area contributed by atoms with Crippen LogP contribution in [0.3, 0.4) is 0 Å². The van der Waals surface area contributed by atoms with Crippen LogP contribution in [-0.4, -0.2) is 43.1 Å². The maximum absolute atomic E-state index is 11.9. The number of carbonyl (C=O) groups is 1. The summed E-state index contributed by atoms with van der Waals surface area (Å²) in [7, 11) is -2.45. The minimum Gasteiger partial charge on any atom is -0.748 e. The van der Waals surface area contributed by atoms with Crippen LogP contribution >= 0.6 is 0 Å². The van der Waals surface area contributed by atoms with Gasteiger partial charge in [0.05, 0.1) is 10.1 Å². The Morgan fingerprint density at radius 2 is 1.27 bits per heavy atom. The van der Waals surface area contributed by atoms with Crippen molar-refractivity contribution in [3.8, 4) is 0 Å². The van der Waals surface area contributed by atoms with Gasteiger partial charge in [-0.2, -0.15) is 0 Å². The molecule has 172 valence electrons. The van der Waals surface area contributed by atoms with Crippen LogP contribution < -0.4 is 51.4 Å². The van der Waals surface area contributed by atoms with Crippen molar-refractivity contribution in [2.45, 2.75) is 110 Å². The van der Waals surface area contributed by atoms with E-state index in [1.807, 2.05) is 6.08 Å². The molecule has 0 aromatic rings. The van der Waals surface area contributed by atoms with Gasteiger partial charge in [-0.05, 0) is 31.8 Å². The fourth-order valence-corrected chi connectivity index (χ4v) is 3.89. The normalized spacial score (nSPS) is 11.6. The standard InChI is InChI=1S/C23H45NO4S.K/c1-3-4-5-6-7-8-9-10-11-12-13-14-15-16-17-20-23(25)24(2)21-18-19-22-29(26,27)28;/h17,20H,3-16,18-19,21-22H2,1-2H3,(H,26,27,28);/q;+1/p-1/b20-17+;. The molecule has 0 fully saturated rings. The molecule has 0 aromatic carbocycles. The summed E-state index contributed by atoms with van der Waals surface area (Å²) >= 11 is 0. The summed E-state index contributed by atoms with van der Waals surface area (Å²) in [4.78, 5) is 13.5. The summed E-state index contributed by atoms with van der Waals surface area (Å²) in [5.74, 6) is -0.422. The van der Waals surface area contributed by atoms with Crippen LogP contribution in [0.15, 0.2) is 12.2 Å². The van der Waals surface area contributed by atoms with Crippen molar-refractivity contribution in [1.82, 2.24) is 4.90 Å². The van der Waals surface area contributed by atoms with Crippen molar-refractivity contribution in [3.05, 3.63) is 12.2 Å². The molecule has 0 saturated heterocycles. The molecule has 0 aliphatic carbocycles. The third kappa shape index (κ3) is 25.0. The molecular weight excluding hydrogens is 425 g/mol. The second-order valence-corrected chi connectivity index (χ2v) is 9.69. The van der Waals surface area contributed by atoms with Gasteiger partial charge in [-0.25, -0.2) is 8.42 Å².